The van der Waals surface area contributed by atoms with E-state index in [0.717, 1.165) is 54.7 Å². The summed E-state index contributed by atoms with van der Waals surface area (Å²) >= 11 is 0. The van der Waals surface area contributed by atoms with Gasteiger partial charge in [-0.15, -0.1) is 5.10 Å². The van der Waals surface area contributed by atoms with Gasteiger partial charge in [0, 0.05) is 17.7 Å². The highest BCUT2D eigenvalue weighted by molar-refractivity contribution is 5.76. The molecule has 0 amide bonds. The van der Waals surface area contributed by atoms with Crippen LogP contribution in [0.15, 0.2) is 24.3 Å². The molecule has 0 fully saturated rings. The van der Waals surface area contributed by atoms with Crippen LogP contribution in [0.4, 0.5) is 0 Å². The van der Waals surface area contributed by atoms with E-state index in [1.54, 1.807) is 6.92 Å². The molecule has 1 atom stereocenters. The van der Waals surface area contributed by atoms with Gasteiger partial charge in [0.15, 0.2) is 5.78 Å². The van der Waals surface area contributed by atoms with Crippen molar-refractivity contribution < 1.29 is 9.53 Å². The first-order valence-electron chi connectivity index (χ1n) is 9.81. The third-order valence-electron chi connectivity index (χ3n) is 5.11. The molecule has 144 valence electrons. The maximum atomic E-state index is 11.5. The molecule has 0 spiro atoms. The molecule has 1 aromatic heterocycles. The lowest BCUT2D eigenvalue weighted by Crippen LogP contribution is -2.17. The minimum Gasteiger partial charge on any atom is -0.366 e. The second-order valence-electron chi connectivity index (χ2n) is 7.35. The third-order valence-corrected chi connectivity index (χ3v) is 5.11. The maximum Gasteiger partial charge on any atom is 0.155 e. The van der Waals surface area contributed by atoms with Crippen molar-refractivity contribution in [2.24, 2.45) is 0 Å². The molecule has 0 aliphatic heterocycles. The van der Waals surface area contributed by atoms with Gasteiger partial charge < -0.3 is 10.1 Å². The largest absolute Gasteiger partial charge is 0.366 e. The van der Waals surface area contributed by atoms with Crippen molar-refractivity contribution in [3.8, 4) is 11.3 Å². The molecule has 2 aromatic rings. The molecule has 5 nitrogen and oxygen atoms in total. The van der Waals surface area contributed by atoms with Gasteiger partial charge in [0.2, 0.25) is 0 Å². The summed E-state index contributed by atoms with van der Waals surface area (Å²) in [6.07, 6.45) is 5.23. The van der Waals surface area contributed by atoms with Crippen LogP contribution in [0, 0.1) is 6.92 Å². The van der Waals surface area contributed by atoms with E-state index in [1.807, 2.05) is 14.0 Å². The van der Waals surface area contributed by atoms with Gasteiger partial charge in [-0.25, -0.2) is 0 Å². The zero-order chi connectivity index (χ0) is 19.2. The number of nitrogens with zero attached hydrogens (tertiary/aromatic N) is 2. The van der Waals surface area contributed by atoms with Crippen molar-refractivity contribution >= 4 is 5.78 Å². The second-order valence-corrected chi connectivity index (χ2v) is 7.35. The summed E-state index contributed by atoms with van der Waals surface area (Å²) in [5.41, 5.74) is 6.56. The van der Waals surface area contributed by atoms with Crippen molar-refractivity contribution in [2.45, 2.75) is 58.6 Å². The van der Waals surface area contributed by atoms with Crippen molar-refractivity contribution in [3.63, 3.8) is 0 Å². The Balaban J connectivity index is 2.02. The molecule has 1 aliphatic carbocycles. The number of ketones is 1. The lowest BCUT2D eigenvalue weighted by Gasteiger charge is -2.26. The lowest BCUT2D eigenvalue weighted by molar-refractivity contribution is -0.123. The number of carbonyl (C=O) groups is 1. The molecule has 1 heterocycles. The number of hydrogen-bond acceptors (Lipinski definition) is 5. The highest BCUT2D eigenvalue weighted by Gasteiger charge is 2.25. The smallest absolute Gasteiger partial charge is 0.155 e. The molecule has 1 N–H and O–H groups in total. The predicted molar refractivity (Wildman–Crippen MR) is 107 cm³/mol. The number of fused-ring (bicyclic) bond motifs is 1. The molecule has 1 unspecified atom stereocenters. The molecule has 1 aromatic carbocycles. The van der Waals surface area contributed by atoms with Crippen LogP contribution in [0.3, 0.4) is 0 Å². The summed E-state index contributed by atoms with van der Waals surface area (Å²) in [6.45, 7) is 4.57. The van der Waals surface area contributed by atoms with Crippen molar-refractivity contribution in [3.05, 3.63) is 46.6 Å². The number of nitrogens with one attached hydrogen (secondary N) is 1. The first kappa shape index (κ1) is 19.6. The fourth-order valence-corrected chi connectivity index (χ4v) is 3.82. The van der Waals surface area contributed by atoms with Gasteiger partial charge in [0.1, 0.15) is 6.61 Å². The standard InChI is InChI=1S/C22H29N3O2/c1-15(26)14-27-20-8-6-4-5-7-19-21(20)16(2)24-25-22(19)18-11-9-17(10-12-18)13-23-3/h9-12,20,23H,4-8,13-14H2,1-3H3. The Kier molecular flexibility index (Phi) is 6.69. The van der Waals surface area contributed by atoms with Gasteiger partial charge in [-0.05, 0) is 51.3 Å². The van der Waals surface area contributed by atoms with E-state index in [0.29, 0.717) is 0 Å². The Morgan fingerprint density at radius 2 is 1.96 bits per heavy atom. The molecule has 1 aliphatic rings. The summed E-state index contributed by atoms with van der Waals surface area (Å²) in [7, 11) is 1.95. The molecule has 0 bridgehead atoms. The Bertz CT molecular complexity index is 787. The van der Waals surface area contributed by atoms with Crippen LogP contribution in [0.5, 0.6) is 0 Å². The minimum absolute atomic E-state index is 0.0543. The highest BCUT2D eigenvalue weighted by atomic mass is 16.5. The fraction of sp³-hybridized carbons (Fsp3) is 0.500. The predicted octanol–water partition coefficient (Wildman–Crippen LogP) is 3.93. The average molecular weight is 367 g/mol. The fourth-order valence-electron chi connectivity index (χ4n) is 3.82. The van der Waals surface area contributed by atoms with Gasteiger partial charge in [0.05, 0.1) is 17.5 Å². The summed E-state index contributed by atoms with van der Waals surface area (Å²) < 4.78 is 6.00. The first-order chi connectivity index (χ1) is 13.1. The van der Waals surface area contributed by atoms with Crippen LogP contribution in [0.25, 0.3) is 11.3 Å². The highest BCUT2D eigenvalue weighted by Crippen LogP contribution is 2.36. The average Bonchev–Trinajstić information content (AvgIpc) is 2.63. The topological polar surface area (TPSA) is 64.1 Å². The van der Waals surface area contributed by atoms with Crippen molar-refractivity contribution in [1.29, 1.82) is 0 Å². The van der Waals surface area contributed by atoms with E-state index in [2.05, 4.69) is 39.8 Å². The van der Waals surface area contributed by atoms with Crippen LogP contribution in [-0.4, -0.2) is 29.6 Å². The normalized spacial score (nSPS) is 17.1. The number of carbonyl (C=O) groups excluding carboxylic acids is 1. The molecule has 0 saturated heterocycles. The molecule has 0 saturated carbocycles. The van der Waals surface area contributed by atoms with Crippen LogP contribution in [0.2, 0.25) is 0 Å². The molecule has 3 rings (SSSR count). The number of ether oxygens (including phenoxy) is 1. The van der Waals surface area contributed by atoms with Crippen LogP contribution in [0.1, 0.15) is 61.1 Å². The van der Waals surface area contributed by atoms with Crippen molar-refractivity contribution in [2.75, 3.05) is 13.7 Å². The molecular formula is C22H29N3O2. The zero-order valence-electron chi connectivity index (χ0n) is 16.5. The van der Waals surface area contributed by atoms with E-state index < -0.39 is 0 Å². The number of hydrogen-bond donors (Lipinski definition) is 1. The monoisotopic (exact) mass is 367 g/mol. The Morgan fingerprint density at radius 3 is 2.67 bits per heavy atom. The number of Topliss-reactive ketones (excluding diaryl/α,β-unsaturated/α-hetero) is 1. The maximum absolute atomic E-state index is 11.5. The Morgan fingerprint density at radius 1 is 1.19 bits per heavy atom. The van der Waals surface area contributed by atoms with Gasteiger partial charge in [0.25, 0.3) is 0 Å². The van der Waals surface area contributed by atoms with Crippen LogP contribution >= 0.6 is 0 Å². The Hall–Kier alpha value is -2.11. The quantitative estimate of drug-likeness (QED) is 0.838. The van der Waals surface area contributed by atoms with E-state index in [1.165, 1.54) is 17.5 Å². The number of rotatable bonds is 6. The summed E-state index contributed by atoms with van der Waals surface area (Å²) in [6, 6.07) is 8.51. The molecular weight excluding hydrogens is 338 g/mol. The van der Waals surface area contributed by atoms with E-state index in [9.17, 15) is 4.79 Å². The molecule has 27 heavy (non-hydrogen) atoms. The van der Waals surface area contributed by atoms with Crippen LogP contribution < -0.4 is 5.32 Å². The lowest BCUT2D eigenvalue weighted by atomic mass is 9.88. The summed E-state index contributed by atoms with van der Waals surface area (Å²) in [5.74, 6) is 0.0543. The second kappa shape index (κ2) is 9.20. The molecule has 5 heteroatoms. The number of aryl methyl sites for hydroxylation is 1. The molecule has 0 radical (unpaired) electrons. The van der Waals surface area contributed by atoms with Crippen LogP contribution in [-0.2, 0) is 22.5 Å². The first-order valence-corrected chi connectivity index (χ1v) is 9.81. The van der Waals surface area contributed by atoms with E-state index >= 15 is 0 Å². The van der Waals surface area contributed by atoms with Gasteiger partial charge >= 0.3 is 0 Å². The summed E-state index contributed by atoms with van der Waals surface area (Å²) in [5, 5.41) is 12.2. The van der Waals surface area contributed by atoms with Gasteiger partial charge in [-0.3, -0.25) is 4.79 Å². The summed E-state index contributed by atoms with van der Waals surface area (Å²) in [4.78, 5) is 11.5. The Labute approximate surface area is 161 Å². The van der Waals surface area contributed by atoms with Gasteiger partial charge in [-0.1, -0.05) is 37.1 Å². The van der Waals surface area contributed by atoms with E-state index in [4.69, 9.17) is 4.74 Å². The van der Waals surface area contributed by atoms with E-state index in [-0.39, 0.29) is 18.5 Å². The van der Waals surface area contributed by atoms with Crippen molar-refractivity contribution in [1.82, 2.24) is 15.5 Å². The zero-order valence-corrected chi connectivity index (χ0v) is 16.5. The minimum atomic E-state index is -0.0815. The van der Waals surface area contributed by atoms with Gasteiger partial charge in [-0.2, -0.15) is 5.10 Å². The third kappa shape index (κ3) is 4.79. The number of aromatic nitrogens is 2. The number of benzene rings is 1. The SMILES string of the molecule is CNCc1ccc(-c2nnc(C)c3c2CCCCCC3OCC(C)=O)cc1.